The van der Waals surface area contributed by atoms with Crippen molar-refractivity contribution in [3.8, 4) is 5.13 Å². The number of aromatic nitrogens is 3. The molecular formula is C17H25N5S. The minimum atomic E-state index is 0.879. The molecule has 6 heteroatoms. The molecule has 2 aromatic heterocycles. The van der Waals surface area contributed by atoms with Gasteiger partial charge in [-0.25, -0.2) is 0 Å². The maximum Gasteiger partial charge on any atom is 0.218 e. The van der Waals surface area contributed by atoms with Crippen molar-refractivity contribution in [2.24, 2.45) is 5.92 Å². The summed E-state index contributed by atoms with van der Waals surface area (Å²) in [5, 5.41) is 10.9. The van der Waals surface area contributed by atoms with Gasteiger partial charge in [0, 0.05) is 31.5 Å². The Kier molecular flexibility index (Phi) is 4.35. The summed E-state index contributed by atoms with van der Waals surface area (Å²) in [7, 11) is 0. The van der Waals surface area contributed by atoms with E-state index in [9.17, 15) is 0 Å². The molecule has 0 N–H and O–H groups in total. The van der Waals surface area contributed by atoms with E-state index >= 15 is 0 Å². The Morgan fingerprint density at radius 3 is 2.61 bits per heavy atom. The molecule has 23 heavy (non-hydrogen) atoms. The Hall–Kier alpha value is -1.40. The minimum absolute atomic E-state index is 0.879. The van der Waals surface area contributed by atoms with Crippen LogP contribution >= 0.6 is 11.3 Å². The monoisotopic (exact) mass is 331 g/mol. The van der Waals surface area contributed by atoms with Gasteiger partial charge in [0.2, 0.25) is 10.3 Å². The zero-order valence-electron chi connectivity index (χ0n) is 13.8. The van der Waals surface area contributed by atoms with Crippen LogP contribution in [-0.4, -0.2) is 45.8 Å². The number of anilines is 1. The fourth-order valence-corrected chi connectivity index (χ4v) is 4.44. The summed E-state index contributed by atoms with van der Waals surface area (Å²) in [5.74, 6) is 0.879. The third-order valence-electron chi connectivity index (χ3n) is 5.08. The van der Waals surface area contributed by atoms with E-state index in [0.29, 0.717) is 0 Å². The first kappa shape index (κ1) is 15.1. The molecule has 2 aliphatic rings. The molecule has 0 radical (unpaired) electrons. The van der Waals surface area contributed by atoms with Crippen LogP contribution in [0.15, 0.2) is 18.3 Å². The van der Waals surface area contributed by atoms with Crippen LogP contribution in [0.1, 0.15) is 38.3 Å². The second-order valence-corrected chi connectivity index (χ2v) is 7.82. The highest BCUT2D eigenvalue weighted by Gasteiger charge is 2.20. The van der Waals surface area contributed by atoms with Crippen LogP contribution in [0.3, 0.4) is 0 Å². The number of piperidine rings is 1. The van der Waals surface area contributed by atoms with Crippen molar-refractivity contribution in [1.29, 1.82) is 0 Å². The van der Waals surface area contributed by atoms with Gasteiger partial charge in [-0.05, 0) is 56.8 Å². The van der Waals surface area contributed by atoms with Gasteiger partial charge in [-0.1, -0.05) is 18.3 Å². The predicted molar refractivity (Wildman–Crippen MR) is 94.4 cm³/mol. The van der Waals surface area contributed by atoms with Crippen molar-refractivity contribution in [3.63, 3.8) is 0 Å². The standard InChI is InChI=1S/C17H25N5S/c1-14-6-11-20(12-7-14)13-15-5-4-10-22(15)17-19-18-16(23-17)21-8-2-3-9-21/h4-5,10,14H,2-3,6-9,11-13H2,1H3. The molecule has 0 aliphatic carbocycles. The van der Waals surface area contributed by atoms with Crippen LogP contribution in [0.5, 0.6) is 0 Å². The van der Waals surface area contributed by atoms with Crippen LogP contribution in [0.25, 0.3) is 5.13 Å². The van der Waals surface area contributed by atoms with E-state index < -0.39 is 0 Å². The summed E-state index contributed by atoms with van der Waals surface area (Å²) in [6.07, 6.45) is 7.31. The molecule has 0 amide bonds. The quantitative estimate of drug-likeness (QED) is 0.862. The molecule has 0 unspecified atom stereocenters. The zero-order chi connectivity index (χ0) is 15.6. The van der Waals surface area contributed by atoms with E-state index in [-0.39, 0.29) is 0 Å². The normalized spacial score (nSPS) is 20.5. The van der Waals surface area contributed by atoms with Crippen molar-refractivity contribution in [2.75, 3.05) is 31.1 Å². The van der Waals surface area contributed by atoms with Crippen LogP contribution in [0, 0.1) is 5.92 Å². The maximum atomic E-state index is 4.44. The summed E-state index contributed by atoms with van der Waals surface area (Å²) < 4.78 is 2.22. The van der Waals surface area contributed by atoms with Crippen molar-refractivity contribution >= 4 is 16.5 Å². The second-order valence-electron chi connectivity index (χ2n) is 6.89. The second kappa shape index (κ2) is 6.61. The molecule has 2 fully saturated rings. The third kappa shape index (κ3) is 3.28. The molecule has 2 aliphatic heterocycles. The molecule has 124 valence electrons. The lowest BCUT2D eigenvalue weighted by molar-refractivity contribution is 0.182. The fraction of sp³-hybridized carbons (Fsp3) is 0.647. The smallest absolute Gasteiger partial charge is 0.218 e. The lowest BCUT2D eigenvalue weighted by Crippen LogP contribution is -2.32. The Labute approximate surface area is 141 Å². The Morgan fingerprint density at radius 1 is 1.09 bits per heavy atom. The molecule has 0 aromatic carbocycles. The molecule has 0 atom stereocenters. The summed E-state index contributed by atoms with van der Waals surface area (Å²) in [6, 6.07) is 4.34. The van der Waals surface area contributed by atoms with Crippen molar-refractivity contribution in [1.82, 2.24) is 19.7 Å². The number of rotatable bonds is 4. The molecule has 0 saturated carbocycles. The predicted octanol–water partition coefficient (Wildman–Crippen LogP) is 3.16. The Bertz CT molecular complexity index is 635. The van der Waals surface area contributed by atoms with Gasteiger partial charge in [-0.3, -0.25) is 9.47 Å². The highest BCUT2D eigenvalue weighted by molar-refractivity contribution is 7.17. The lowest BCUT2D eigenvalue weighted by atomic mass is 9.99. The molecule has 2 saturated heterocycles. The number of hydrogen-bond acceptors (Lipinski definition) is 5. The van der Waals surface area contributed by atoms with Crippen LogP contribution in [0.2, 0.25) is 0 Å². The third-order valence-corrected chi connectivity index (χ3v) is 6.06. The largest absolute Gasteiger partial charge is 0.347 e. The van der Waals surface area contributed by atoms with E-state index in [0.717, 1.165) is 35.8 Å². The molecule has 4 rings (SSSR count). The van der Waals surface area contributed by atoms with Gasteiger partial charge in [0.1, 0.15) is 0 Å². The minimum Gasteiger partial charge on any atom is -0.347 e. The highest BCUT2D eigenvalue weighted by atomic mass is 32.1. The fourth-order valence-electron chi connectivity index (χ4n) is 3.52. The van der Waals surface area contributed by atoms with Gasteiger partial charge in [0.15, 0.2) is 0 Å². The molecular weight excluding hydrogens is 306 g/mol. The lowest BCUT2D eigenvalue weighted by Gasteiger charge is -2.30. The van der Waals surface area contributed by atoms with Gasteiger partial charge < -0.3 is 4.90 Å². The summed E-state index contributed by atoms with van der Waals surface area (Å²) >= 11 is 1.71. The molecule has 0 bridgehead atoms. The zero-order valence-corrected chi connectivity index (χ0v) is 14.6. The van der Waals surface area contributed by atoms with Crippen molar-refractivity contribution < 1.29 is 0 Å². The first-order valence-corrected chi connectivity index (χ1v) is 9.58. The summed E-state index contributed by atoms with van der Waals surface area (Å²) in [6.45, 7) is 8.04. The van der Waals surface area contributed by atoms with Gasteiger partial charge in [0.25, 0.3) is 0 Å². The Morgan fingerprint density at radius 2 is 1.83 bits per heavy atom. The Balaban J connectivity index is 1.48. The number of nitrogens with zero attached hydrogens (tertiary/aromatic N) is 5. The highest BCUT2D eigenvalue weighted by Crippen LogP contribution is 2.27. The van der Waals surface area contributed by atoms with Crippen molar-refractivity contribution in [3.05, 3.63) is 24.0 Å². The van der Waals surface area contributed by atoms with Gasteiger partial charge in [-0.2, -0.15) is 0 Å². The van der Waals surface area contributed by atoms with Crippen LogP contribution in [0.4, 0.5) is 5.13 Å². The molecule has 0 spiro atoms. The first-order valence-electron chi connectivity index (χ1n) is 8.77. The van der Waals surface area contributed by atoms with E-state index in [1.165, 1.54) is 44.5 Å². The SMILES string of the molecule is CC1CCN(Cc2cccn2-c2nnc(N3CCCC3)s2)CC1. The van der Waals surface area contributed by atoms with E-state index in [2.05, 4.69) is 49.8 Å². The first-order chi connectivity index (χ1) is 11.3. The number of likely N-dealkylation sites (tertiary alicyclic amines) is 1. The summed E-state index contributed by atoms with van der Waals surface area (Å²) in [5.41, 5.74) is 1.32. The van der Waals surface area contributed by atoms with E-state index in [4.69, 9.17) is 0 Å². The average Bonchev–Trinajstić information content (AvgIpc) is 3.30. The van der Waals surface area contributed by atoms with Crippen molar-refractivity contribution in [2.45, 2.75) is 39.2 Å². The molecule has 5 nitrogen and oxygen atoms in total. The number of hydrogen-bond donors (Lipinski definition) is 0. The van der Waals surface area contributed by atoms with Gasteiger partial charge in [0.05, 0.1) is 0 Å². The summed E-state index contributed by atoms with van der Waals surface area (Å²) in [4.78, 5) is 4.92. The molecule has 4 heterocycles. The topological polar surface area (TPSA) is 37.2 Å². The maximum absolute atomic E-state index is 4.44. The van der Waals surface area contributed by atoms with Crippen LogP contribution in [-0.2, 0) is 6.54 Å². The average molecular weight is 331 g/mol. The molecule has 2 aromatic rings. The van der Waals surface area contributed by atoms with Crippen LogP contribution < -0.4 is 4.90 Å². The van der Waals surface area contributed by atoms with Gasteiger partial charge in [-0.15, -0.1) is 10.2 Å². The van der Waals surface area contributed by atoms with Gasteiger partial charge >= 0.3 is 0 Å². The van der Waals surface area contributed by atoms with E-state index in [1.54, 1.807) is 11.3 Å². The van der Waals surface area contributed by atoms with E-state index in [1.807, 2.05) is 0 Å².